The maximum absolute atomic E-state index is 13.9. The van der Waals surface area contributed by atoms with Gasteiger partial charge in [-0.05, 0) is 36.8 Å². The monoisotopic (exact) mass is 496 g/mol. The molecule has 2 aromatic carbocycles. The molecular weight excluding hydrogens is 476 g/mol. The topological polar surface area (TPSA) is 105 Å². The summed E-state index contributed by atoms with van der Waals surface area (Å²) in [6.45, 7) is 0.0787. The van der Waals surface area contributed by atoms with Crippen LogP contribution in [-0.4, -0.2) is 38.3 Å². The number of benzene rings is 2. The quantitative estimate of drug-likeness (QED) is 0.531. The molecule has 0 saturated carbocycles. The van der Waals surface area contributed by atoms with Crippen molar-refractivity contribution >= 4 is 38.3 Å². The van der Waals surface area contributed by atoms with Gasteiger partial charge in [0.1, 0.15) is 5.82 Å². The van der Waals surface area contributed by atoms with E-state index in [9.17, 15) is 30.8 Å². The molecule has 1 aliphatic rings. The van der Waals surface area contributed by atoms with Gasteiger partial charge < -0.3 is 10.2 Å². The van der Waals surface area contributed by atoms with Gasteiger partial charge in [0.25, 0.3) is 5.91 Å². The summed E-state index contributed by atoms with van der Waals surface area (Å²) < 4.78 is 78.7. The second kappa shape index (κ2) is 8.84. The number of fused-ring (bicyclic) bond motifs is 1. The van der Waals surface area contributed by atoms with Crippen LogP contribution in [0.1, 0.15) is 29.6 Å². The summed E-state index contributed by atoms with van der Waals surface area (Å²) in [7, 11) is -4.02. The molecule has 1 saturated heterocycles. The molecule has 180 valence electrons. The first kappa shape index (κ1) is 23.9. The van der Waals surface area contributed by atoms with Gasteiger partial charge in [-0.25, -0.2) is 36.1 Å². The minimum Gasteiger partial charge on any atom is -0.356 e. The SMILES string of the molecule is NS(=O)(=O)c1cccc(NC(=O)c2cc3cc(F)c(F)cc3nc2N2CCCC(F)(F)CC2)c1. The van der Waals surface area contributed by atoms with Gasteiger partial charge in [0, 0.05) is 43.1 Å². The number of amides is 1. The highest BCUT2D eigenvalue weighted by molar-refractivity contribution is 7.89. The summed E-state index contributed by atoms with van der Waals surface area (Å²) in [5, 5.41) is 7.79. The smallest absolute Gasteiger partial charge is 0.259 e. The van der Waals surface area contributed by atoms with Gasteiger partial charge in [0.15, 0.2) is 11.6 Å². The van der Waals surface area contributed by atoms with Crippen molar-refractivity contribution < 1.29 is 30.8 Å². The molecule has 0 unspecified atom stereocenters. The van der Waals surface area contributed by atoms with Gasteiger partial charge in [-0.1, -0.05) is 6.07 Å². The highest BCUT2D eigenvalue weighted by atomic mass is 32.2. The fourth-order valence-electron chi connectivity index (χ4n) is 3.79. The number of hydrogen-bond donors (Lipinski definition) is 2. The minimum atomic E-state index is -4.02. The molecule has 34 heavy (non-hydrogen) atoms. The Labute approximate surface area is 192 Å². The Hall–Kier alpha value is -3.25. The molecule has 0 radical (unpaired) electrons. The number of halogens is 4. The molecule has 0 spiro atoms. The van der Waals surface area contributed by atoms with Crippen LogP contribution in [0.4, 0.5) is 29.1 Å². The Morgan fingerprint density at radius 2 is 1.79 bits per heavy atom. The summed E-state index contributed by atoms with van der Waals surface area (Å²) in [5.41, 5.74) is 0.0951. The number of carbonyl (C=O) groups is 1. The van der Waals surface area contributed by atoms with E-state index < -0.39 is 39.9 Å². The summed E-state index contributed by atoms with van der Waals surface area (Å²) in [4.78, 5) is 18.8. The third kappa shape index (κ3) is 5.12. The van der Waals surface area contributed by atoms with E-state index in [4.69, 9.17) is 5.14 Å². The van der Waals surface area contributed by atoms with E-state index in [0.29, 0.717) is 0 Å². The lowest BCUT2D eigenvalue weighted by Crippen LogP contribution is -2.29. The number of primary sulfonamides is 1. The van der Waals surface area contributed by atoms with E-state index in [-0.39, 0.29) is 58.8 Å². The average Bonchev–Trinajstić information content (AvgIpc) is 2.94. The summed E-state index contributed by atoms with van der Waals surface area (Å²) in [6.07, 6.45) is -0.636. The van der Waals surface area contributed by atoms with Gasteiger partial charge in [0.05, 0.1) is 16.0 Å². The first-order chi connectivity index (χ1) is 15.9. The maximum Gasteiger partial charge on any atom is 0.259 e. The van der Waals surface area contributed by atoms with Crippen molar-refractivity contribution in [1.29, 1.82) is 0 Å². The van der Waals surface area contributed by atoms with Crippen LogP contribution in [-0.2, 0) is 10.0 Å². The summed E-state index contributed by atoms with van der Waals surface area (Å²) >= 11 is 0. The molecule has 3 aromatic rings. The van der Waals surface area contributed by atoms with Crippen molar-refractivity contribution in [3.05, 3.63) is 59.7 Å². The zero-order valence-corrected chi connectivity index (χ0v) is 18.5. The fourth-order valence-corrected chi connectivity index (χ4v) is 4.35. The molecule has 1 fully saturated rings. The van der Waals surface area contributed by atoms with Crippen molar-refractivity contribution in [2.24, 2.45) is 5.14 Å². The molecule has 2 heterocycles. The third-order valence-electron chi connectivity index (χ3n) is 5.52. The molecule has 1 aliphatic heterocycles. The zero-order chi connectivity index (χ0) is 24.7. The van der Waals surface area contributed by atoms with Crippen LogP contribution >= 0.6 is 0 Å². The molecule has 1 amide bonds. The fraction of sp³-hybridized carbons (Fsp3) is 0.273. The molecule has 0 bridgehead atoms. The van der Waals surface area contributed by atoms with Crippen LogP contribution in [0.25, 0.3) is 10.9 Å². The Balaban J connectivity index is 1.77. The summed E-state index contributed by atoms with van der Waals surface area (Å²) in [6, 6.07) is 8.27. The number of pyridine rings is 1. The van der Waals surface area contributed by atoms with Crippen LogP contribution in [0.2, 0.25) is 0 Å². The Kier molecular flexibility index (Phi) is 6.21. The van der Waals surface area contributed by atoms with Crippen LogP contribution in [0.5, 0.6) is 0 Å². The van der Waals surface area contributed by atoms with Gasteiger partial charge in [0.2, 0.25) is 15.9 Å². The molecule has 0 atom stereocenters. The van der Waals surface area contributed by atoms with Crippen molar-refractivity contribution in [2.75, 3.05) is 23.3 Å². The lowest BCUT2D eigenvalue weighted by molar-refractivity contribution is -0.0102. The molecule has 4 rings (SSSR count). The number of anilines is 2. The third-order valence-corrected chi connectivity index (χ3v) is 6.43. The number of nitrogens with one attached hydrogen (secondary N) is 1. The standard InChI is InChI=1S/C22H20F4N4O3S/c23-17-10-13-9-16(21(31)28-14-3-1-4-15(11-14)34(27,32)33)20(29-19(13)12-18(17)24)30-7-2-5-22(25,26)6-8-30/h1,3-4,9-12H,2,5-8H2,(H,28,31)(H2,27,32,33). The van der Waals surface area contributed by atoms with E-state index >= 15 is 0 Å². The van der Waals surface area contributed by atoms with Crippen molar-refractivity contribution in [1.82, 2.24) is 4.98 Å². The predicted octanol–water partition coefficient (Wildman–Crippen LogP) is 4.04. The van der Waals surface area contributed by atoms with Crippen molar-refractivity contribution in [2.45, 2.75) is 30.1 Å². The normalized spacial score (nSPS) is 16.3. The second-order valence-corrected chi connectivity index (χ2v) is 9.60. The molecule has 3 N–H and O–H groups in total. The highest BCUT2D eigenvalue weighted by Crippen LogP contribution is 2.32. The number of carbonyl (C=O) groups excluding carboxylic acids is 1. The molecular formula is C22H20F4N4O3S. The Morgan fingerprint density at radius 1 is 1.06 bits per heavy atom. The van der Waals surface area contributed by atoms with Crippen LogP contribution in [0.15, 0.2) is 47.4 Å². The number of rotatable bonds is 4. The minimum absolute atomic E-state index is 0.0382. The number of aromatic nitrogens is 1. The number of sulfonamides is 1. The largest absolute Gasteiger partial charge is 0.356 e. The van der Waals surface area contributed by atoms with E-state index in [0.717, 1.165) is 18.2 Å². The van der Waals surface area contributed by atoms with Crippen LogP contribution in [0, 0.1) is 11.6 Å². The molecule has 1 aromatic heterocycles. The Bertz CT molecular complexity index is 1380. The maximum atomic E-state index is 13.9. The predicted molar refractivity (Wildman–Crippen MR) is 118 cm³/mol. The highest BCUT2D eigenvalue weighted by Gasteiger charge is 2.33. The van der Waals surface area contributed by atoms with Crippen molar-refractivity contribution in [3.63, 3.8) is 0 Å². The Morgan fingerprint density at radius 3 is 2.53 bits per heavy atom. The van der Waals surface area contributed by atoms with Gasteiger partial charge in [-0.2, -0.15) is 0 Å². The second-order valence-electron chi connectivity index (χ2n) is 8.04. The molecule has 12 heteroatoms. The first-order valence-corrected chi connectivity index (χ1v) is 11.8. The van der Waals surface area contributed by atoms with Crippen molar-refractivity contribution in [3.8, 4) is 0 Å². The molecule has 7 nitrogen and oxygen atoms in total. The number of nitrogens with zero attached hydrogens (tertiary/aromatic N) is 2. The van der Waals surface area contributed by atoms with Crippen LogP contribution in [0.3, 0.4) is 0 Å². The van der Waals surface area contributed by atoms with Gasteiger partial charge in [-0.3, -0.25) is 4.79 Å². The van der Waals surface area contributed by atoms with E-state index in [2.05, 4.69) is 10.3 Å². The van der Waals surface area contributed by atoms with Gasteiger partial charge >= 0.3 is 0 Å². The number of hydrogen-bond acceptors (Lipinski definition) is 5. The first-order valence-electron chi connectivity index (χ1n) is 10.3. The van der Waals surface area contributed by atoms with Gasteiger partial charge in [-0.15, -0.1) is 0 Å². The van der Waals surface area contributed by atoms with E-state index in [1.54, 1.807) is 0 Å². The zero-order valence-electron chi connectivity index (χ0n) is 17.7. The average molecular weight is 496 g/mol. The number of alkyl halides is 2. The summed E-state index contributed by atoms with van der Waals surface area (Å²) in [5.74, 6) is -5.83. The lowest BCUT2D eigenvalue weighted by Gasteiger charge is -2.24. The van der Waals surface area contributed by atoms with Crippen LogP contribution < -0.4 is 15.4 Å². The molecule has 0 aliphatic carbocycles. The van der Waals surface area contributed by atoms with E-state index in [1.165, 1.54) is 29.2 Å². The lowest BCUT2D eigenvalue weighted by atomic mass is 10.1. The number of nitrogens with two attached hydrogens (primary N) is 1. The van der Waals surface area contributed by atoms with E-state index in [1.807, 2.05) is 0 Å².